The van der Waals surface area contributed by atoms with Crippen molar-refractivity contribution in [1.29, 1.82) is 0 Å². The van der Waals surface area contributed by atoms with E-state index in [-0.39, 0.29) is 17.9 Å². The molecule has 1 aliphatic heterocycles. The summed E-state index contributed by atoms with van der Waals surface area (Å²) < 4.78 is 11.2. The Morgan fingerprint density at radius 3 is 2.62 bits per heavy atom. The largest absolute Gasteiger partial charge is 0.372 e. The van der Waals surface area contributed by atoms with Gasteiger partial charge >= 0.3 is 0 Å². The Labute approximate surface area is 153 Å². The first kappa shape index (κ1) is 16.9. The molecule has 4 heterocycles. The molecule has 26 heavy (non-hydrogen) atoms. The number of aromatic amines is 1. The number of pyridine rings is 1. The predicted octanol–water partition coefficient (Wildman–Crippen LogP) is 2.40. The summed E-state index contributed by atoms with van der Waals surface area (Å²) in [6.45, 7) is 6.91. The van der Waals surface area contributed by atoms with Crippen molar-refractivity contribution in [2.75, 3.05) is 18.0 Å². The number of morpholine rings is 1. The van der Waals surface area contributed by atoms with Crippen LogP contribution in [0.15, 0.2) is 4.52 Å². The van der Waals surface area contributed by atoms with Gasteiger partial charge in [0, 0.05) is 13.1 Å². The van der Waals surface area contributed by atoms with Gasteiger partial charge in [0.1, 0.15) is 22.1 Å². The molecule has 0 saturated carbocycles. The van der Waals surface area contributed by atoms with Gasteiger partial charge in [0.05, 0.1) is 17.9 Å². The van der Waals surface area contributed by atoms with Crippen LogP contribution in [0.25, 0.3) is 22.6 Å². The molecular weight excluding hydrogens is 360 g/mol. The van der Waals surface area contributed by atoms with Crippen molar-refractivity contribution < 1.29 is 14.1 Å². The van der Waals surface area contributed by atoms with Crippen LogP contribution in [0.5, 0.6) is 0 Å². The van der Waals surface area contributed by atoms with Crippen LogP contribution >= 0.6 is 11.6 Å². The van der Waals surface area contributed by atoms with Crippen LogP contribution in [-0.4, -0.2) is 56.9 Å². The number of rotatable bonds is 3. The van der Waals surface area contributed by atoms with E-state index in [1.165, 1.54) is 0 Å². The van der Waals surface area contributed by atoms with Crippen molar-refractivity contribution in [2.45, 2.75) is 33.0 Å². The third-order valence-corrected chi connectivity index (χ3v) is 4.56. The molecule has 0 radical (unpaired) electrons. The van der Waals surface area contributed by atoms with E-state index in [9.17, 15) is 4.79 Å². The SMILES string of the molecule is Cc1nc(-c2noc3c(Cl)c(N4C[C@@H](C)O[C@@H](C)C4)c(C=O)nc23)n[nH]1. The second kappa shape index (κ2) is 6.33. The number of hydrogen-bond donors (Lipinski definition) is 1. The lowest BCUT2D eigenvalue weighted by Gasteiger charge is -2.37. The van der Waals surface area contributed by atoms with E-state index in [0.29, 0.717) is 58.5 Å². The van der Waals surface area contributed by atoms with E-state index >= 15 is 0 Å². The van der Waals surface area contributed by atoms with Crippen LogP contribution in [0.3, 0.4) is 0 Å². The van der Waals surface area contributed by atoms with E-state index in [2.05, 4.69) is 25.3 Å². The summed E-state index contributed by atoms with van der Waals surface area (Å²) in [6.07, 6.45) is 0.698. The highest BCUT2D eigenvalue weighted by molar-refractivity contribution is 6.38. The molecule has 1 fully saturated rings. The van der Waals surface area contributed by atoms with Gasteiger partial charge in [-0.25, -0.2) is 9.97 Å². The van der Waals surface area contributed by atoms with Crippen LogP contribution in [0.4, 0.5) is 5.69 Å². The molecule has 3 aromatic rings. The summed E-state index contributed by atoms with van der Waals surface area (Å²) in [5, 5.41) is 11.1. The molecule has 2 atom stereocenters. The van der Waals surface area contributed by atoms with Crippen molar-refractivity contribution >= 4 is 34.7 Å². The first-order chi connectivity index (χ1) is 12.5. The molecular formula is C16H17ClN6O3. The smallest absolute Gasteiger partial charge is 0.206 e. The van der Waals surface area contributed by atoms with E-state index in [0.717, 1.165) is 0 Å². The number of nitrogens with zero attached hydrogens (tertiary/aromatic N) is 5. The maximum atomic E-state index is 11.7. The standard InChI is InChI=1S/C16H17ClN6O3/c1-7-4-23(5-8(2)25-7)14-10(6-24)19-12-13(16-18-9(3)20-21-16)22-26-15(12)11(14)17/h6-8H,4-5H2,1-3H3,(H,18,20,21)/t7-,8+. The Morgan fingerprint density at radius 2 is 2.00 bits per heavy atom. The Hall–Kier alpha value is -2.52. The Bertz CT molecular complexity index is 974. The zero-order chi connectivity index (χ0) is 18.4. The van der Waals surface area contributed by atoms with Gasteiger partial charge in [0.2, 0.25) is 11.4 Å². The third kappa shape index (κ3) is 2.73. The second-order valence-corrected chi connectivity index (χ2v) is 6.77. The minimum absolute atomic E-state index is 0.00605. The predicted molar refractivity (Wildman–Crippen MR) is 94.5 cm³/mol. The van der Waals surface area contributed by atoms with Gasteiger partial charge < -0.3 is 14.2 Å². The first-order valence-corrected chi connectivity index (χ1v) is 8.59. The van der Waals surface area contributed by atoms with Crippen LogP contribution in [0.1, 0.15) is 30.2 Å². The average molecular weight is 377 g/mol. The molecule has 1 saturated heterocycles. The van der Waals surface area contributed by atoms with Crippen molar-refractivity contribution in [3.8, 4) is 11.5 Å². The molecule has 0 spiro atoms. The van der Waals surface area contributed by atoms with Crippen LogP contribution in [0, 0.1) is 6.92 Å². The van der Waals surface area contributed by atoms with Crippen LogP contribution < -0.4 is 4.90 Å². The number of anilines is 1. The number of H-pyrrole nitrogens is 1. The topological polar surface area (TPSA) is 110 Å². The minimum atomic E-state index is 0.00605. The van der Waals surface area contributed by atoms with Gasteiger partial charge in [-0.3, -0.25) is 9.89 Å². The van der Waals surface area contributed by atoms with E-state index in [1.807, 2.05) is 18.7 Å². The molecule has 0 unspecified atom stereocenters. The number of nitrogens with one attached hydrogen (secondary N) is 1. The first-order valence-electron chi connectivity index (χ1n) is 8.21. The number of halogens is 1. The maximum Gasteiger partial charge on any atom is 0.206 e. The lowest BCUT2D eigenvalue weighted by Crippen LogP contribution is -2.46. The molecule has 1 aliphatic rings. The molecule has 0 bridgehead atoms. The Morgan fingerprint density at radius 1 is 1.27 bits per heavy atom. The molecule has 0 aromatic carbocycles. The number of carbonyl (C=O) groups excluding carboxylic acids is 1. The van der Waals surface area contributed by atoms with Gasteiger partial charge in [-0.1, -0.05) is 16.8 Å². The van der Waals surface area contributed by atoms with Gasteiger partial charge in [-0.05, 0) is 20.8 Å². The van der Waals surface area contributed by atoms with Crippen molar-refractivity contribution in [1.82, 2.24) is 25.3 Å². The van der Waals surface area contributed by atoms with Crippen LogP contribution in [-0.2, 0) is 4.74 Å². The summed E-state index contributed by atoms with van der Waals surface area (Å²) in [6, 6.07) is 0. The highest BCUT2D eigenvalue weighted by Gasteiger charge is 2.30. The second-order valence-electron chi connectivity index (χ2n) is 6.39. The molecule has 4 rings (SSSR count). The number of aromatic nitrogens is 5. The molecule has 3 aromatic heterocycles. The maximum absolute atomic E-state index is 11.7. The molecule has 0 amide bonds. The van der Waals surface area contributed by atoms with E-state index in [1.54, 1.807) is 6.92 Å². The zero-order valence-corrected chi connectivity index (χ0v) is 15.2. The van der Waals surface area contributed by atoms with Gasteiger partial charge in [0.15, 0.2) is 12.0 Å². The van der Waals surface area contributed by atoms with E-state index < -0.39 is 0 Å². The van der Waals surface area contributed by atoms with Gasteiger partial charge in [0.25, 0.3) is 0 Å². The molecule has 10 heteroatoms. The quantitative estimate of drug-likeness (QED) is 0.694. The fourth-order valence-electron chi connectivity index (χ4n) is 3.27. The summed E-state index contributed by atoms with van der Waals surface area (Å²) in [4.78, 5) is 22.4. The molecule has 0 aliphatic carbocycles. The number of hydrogen-bond acceptors (Lipinski definition) is 8. The molecule has 9 nitrogen and oxygen atoms in total. The highest BCUT2D eigenvalue weighted by atomic mass is 35.5. The molecule has 136 valence electrons. The monoisotopic (exact) mass is 376 g/mol. The number of carbonyl (C=O) groups is 1. The fraction of sp³-hybridized carbons (Fsp3) is 0.438. The Kier molecular flexibility index (Phi) is 4.12. The third-order valence-electron chi connectivity index (χ3n) is 4.21. The summed E-state index contributed by atoms with van der Waals surface area (Å²) in [5.74, 6) is 0.966. The number of aldehydes is 1. The Balaban J connectivity index is 1.87. The van der Waals surface area contributed by atoms with E-state index in [4.69, 9.17) is 20.9 Å². The fourth-order valence-corrected chi connectivity index (χ4v) is 3.61. The van der Waals surface area contributed by atoms with Crippen molar-refractivity contribution in [3.05, 3.63) is 16.5 Å². The average Bonchev–Trinajstić information content (AvgIpc) is 3.19. The van der Waals surface area contributed by atoms with Crippen LogP contribution in [0.2, 0.25) is 5.02 Å². The number of ether oxygens (including phenoxy) is 1. The molecule has 1 N–H and O–H groups in total. The minimum Gasteiger partial charge on any atom is -0.372 e. The lowest BCUT2D eigenvalue weighted by atomic mass is 10.1. The summed E-state index contributed by atoms with van der Waals surface area (Å²) in [5.41, 5.74) is 1.75. The lowest BCUT2D eigenvalue weighted by molar-refractivity contribution is -0.00526. The highest BCUT2D eigenvalue weighted by Crippen LogP contribution is 2.38. The number of aryl methyl sites for hydroxylation is 1. The van der Waals surface area contributed by atoms with Gasteiger partial charge in [-0.15, -0.1) is 0 Å². The van der Waals surface area contributed by atoms with Gasteiger partial charge in [-0.2, -0.15) is 5.10 Å². The number of fused-ring (bicyclic) bond motifs is 1. The summed E-state index contributed by atoms with van der Waals surface area (Å²) >= 11 is 6.60. The summed E-state index contributed by atoms with van der Waals surface area (Å²) in [7, 11) is 0. The van der Waals surface area contributed by atoms with Crippen molar-refractivity contribution in [3.63, 3.8) is 0 Å². The normalized spacial score (nSPS) is 20.7. The zero-order valence-electron chi connectivity index (χ0n) is 14.5. The van der Waals surface area contributed by atoms with Crippen molar-refractivity contribution in [2.24, 2.45) is 0 Å².